The summed E-state index contributed by atoms with van der Waals surface area (Å²) in [6, 6.07) is 9.55. The van der Waals surface area contributed by atoms with Gasteiger partial charge in [0.15, 0.2) is 5.15 Å². The van der Waals surface area contributed by atoms with Crippen LogP contribution in [0.2, 0.25) is 5.15 Å². The van der Waals surface area contributed by atoms with Gasteiger partial charge in [-0.25, -0.2) is 0 Å². The number of halogens is 1. The van der Waals surface area contributed by atoms with Gasteiger partial charge in [-0.2, -0.15) is 0 Å². The van der Waals surface area contributed by atoms with Gasteiger partial charge < -0.3 is 10.5 Å². The van der Waals surface area contributed by atoms with E-state index in [2.05, 4.69) is 10.2 Å². The fraction of sp³-hybridized carbons (Fsp3) is 0. The molecular weight excluding hydrogens is 242 g/mol. The number of rotatable bonds is 3. The smallest absolute Gasteiger partial charge is 0.248 e. The van der Waals surface area contributed by atoms with Crippen molar-refractivity contribution in [2.75, 3.05) is 0 Å². The second kappa shape index (κ2) is 4.80. The standard InChI is InChI=1S/C11H8ClN3O2/c12-9-5-6-10(15-14-9)17-8-3-1-7(2-4-8)11(13)16/h1-6H,(H2,13,16). The maximum absolute atomic E-state index is 10.9. The van der Waals surface area contributed by atoms with Crippen molar-refractivity contribution in [1.82, 2.24) is 10.2 Å². The lowest BCUT2D eigenvalue weighted by Gasteiger charge is -2.03. The van der Waals surface area contributed by atoms with Crippen molar-refractivity contribution in [2.24, 2.45) is 5.73 Å². The van der Waals surface area contributed by atoms with E-state index in [-0.39, 0.29) is 0 Å². The molecule has 0 atom stereocenters. The summed E-state index contributed by atoms with van der Waals surface area (Å²) in [4.78, 5) is 10.9. The molecule has 86 valence electrons. The van der Waals surface area contributed by atoms with Gasteiger partial charge in [0, 0.05) is 11.6 Å². The third-order valence-corrected chi connectivity index (χ3v) is 2.17. The molecule has 5 nitrogen and oxygen atoms in total. The van der Waals surface area contributed by atoms with Crippen LogP contribution in [0, 0.1) is 0 Å². The SMILES string of the molecule is NC(=O)c1ccc(Oc2ccc(Cl)nn2)cc1. The van der Waals surface area contributed by atoms with Crippen LogP contribution in [0.15, 0.2) is 36.4 Å². The van der Waals surface area contributed by atoms with Crippen LogP contribution < -0.4 is 10.5 Å². The van der Waals surface area contributed by atoms with Crippen molar-refractivity contribution >= 4 is 17.5 Å². The highest BCUT2D eigenvalue weighted by molar-refractivity contribution is 6.29. The Morgan fingerprint density at radius 2 is 1.82 bits per heavy atom. The van der Waals surface area contributed by atoms with Crippen molar-refractivity contribution in [3.8, 4) is 11.6 Å². The minimum Gasteiger partial charge on any atom is -0.438 e. The normalized spacial score (nSPS) is 9.94. The Kier molecular flexibility index (Phi) is 3.20. The second-order valence-electron chi connectivity index (χ2n) is 3.18. The molecule has 0 spiro atoms. The third kappa shape index (κ3) is 2.92. The fourth-order valence-electron chi connectivity index (χ4n) is 1.17. The first kappa shape index (κ1) is 11.3. The van der Waals surface area contributed by atoms with Gasteiger partial charge in [0.2, 0.25) is 11.8 Å². The highest BCUT2D eigenvalue weighted by atomic mass is 35.5. The van der Waals surface area contributed by atoms with Gasteiger partial charge in [-0.05, 0) is 30.3 Å². The molecule has 0 unspecified atom stereocenters. The lowest BCUT2D eigenvalue weighted by atomic mass is 10.2. The summed E-state index contributed by atoms with van der Waals surface area (Å²) in [7, 11) is 0. The maximum atomic E-state index is 10.9. The molecule has 1 amide bonds. The highest BCUT2D eigenvalue weighted by Crippen LogP contribution is 2.19. The number of amides is 1. The monoisotopic (exact) mass is 249 g/mol. The first-order chi connectivity index (χ1) is 8.15. The molecule has 0 aliphatic heterocycles. The lowest BCUT2D eigenvalue weighted by Crippen LogP contribution is -2.10. The van der Waals surface area contributed by atoms with Gasteiger partial charge in [0.05, 0.1) is 0 Å². The Labute approximate surface area is 102 Å². The molecule has 6 heteroatoms. The van der Waals surface area contributed by atoms with Crippen LogP contribution in [0.1, 0.15) is 10.4 Å². The second-order valence-corrected chi connectivity index (χ2v) is 3.57. The topological polar surface area (TPSA) is 78.1 Å². The van der Waals surface area contributed by atoms with Crippen LogP contribution in [0.4, 0.5) is 0 Å². The number of aromatic nitrogens is 2. The molecule has 0 aliphatic carbocycles. The van der Waals surface area contributed by atoms with Gasteiger partial charge in [-0.3, -0.25) is 4.79 Å². The van der Waals surface area contributed by atoms with Crippen LogP contribution in [-0.4, -0.2) is 16.1 Å². The Morgan fingerprint density at radius 1 is 1.12 bits per heavy atom. The summed E-state index contributed by atoms with van der Waals surface area (Å²) in [5.74, 6) is 0.371. The summed E-state index contributed by atoms with van der Waals surface area (Å²) in [5, 5.41) is 7.67. The number of benzene rings is 1. The van der Waals surface area contributed by atoms with Gasteiger partial charge in [0.1, 0.15) is 5.75 Å². The molecule has 0 bridgehead atoms. The molecule has 1 aromatic heterocycles. The van der Waals surface area contributed by atoms with Gasteiger partial charge in [0.25, 0.3) is 0 Å². The quantitative estimate of drug-likeness (QED) is 0.903. The van der Waals surface area contributed by atoms with E-state index in [0.717, 1.165) is 0 Å². The molecule has 0 fully saturated rings. The minimum atomic E-state index is -0.483. The Bertz CT molecular complexity index is 525. The Morgan fingerprint density at radius 3 is 2.35 bits per heavy atom. The zero-order valence-electron chi connectivity index (χ0n) is 8.63. The predicted octanol–water partition coefficient (Wildman–Crippen LogP) is 2.02. The molecular formula is C11H8ClN3O2. The van der Waals surface area contributed by atoms with Crippen LogP contribution in [0.3, 0.4) is 0 Å². The Hall–Kier alpha value is -2.14. The van der Waals surface area contributed by atoms with Gasteiger partial charge >= 0.3 is 0 Å². The van der Waals surface area contributed by atoms with Crippen LogP contribution >= 0.6 is 11.6 Å². The molecule has 2 aromatic rings. The lowest BCUT2D eigenvalue weighted by molar-refractivity contribution is 0.100. The average Bonchev–Trinajstić information content (AvgIpc) is 2.33. The van der Waals surface area contributed by atoms with E-state index < -0.39 is 5.91 Å². The molecule has 0 radical (unpaired) electrons. The van der Waals surface area contributed by atoms with E-state index in [1.54, 1.807) is 36.4 Å². The summed E-state index contributed by atoms with van der Waals surface area (Å²) in [5.41, 5.74) is 5.53. The number of ether oxygens (including phenoxy) is 1. The number of hydrogen-bond acceptors (Lipinski definition) is 4. The zero-order valence-corrected chi connectivity index (χ0v) is 9.39. The predicted molar refractivity (Wildman–Crippen MR) is 62.1 cm³/mol. The number of carbonyl (C=O) groups is 1. The van der Waals surface area contributed by atoms with E-state index in [1.807, 2.05) is 0 Å². The Balaban J connectivity index is 2.13. The van der Waals surface area contributed by atoms with E-state index in [0.29, 0.717) is 22.3 Å². The first-order valence-corrected chi connectivity index (χ1v) is 5.10. The number of hydrogen-bond donors (Lipinski definition) is 1. The summed E-state index contributed by atoms with van der Waals surface area (Å²) < 4.78 is 5.38. The first-order valence-electron chi connectivity index (χ1n) is 4.72. The molecule has 1 heterocycles. The van der Waals surface area contributed by atoms with Crippen molar-refractivity contribution in [3.63, 3.8) is 0 Å². The average molecular weight is 250 g/mol. The van der Waals surface area contributed by atoms with E-state index in [1.165, 1.54) is 0 Å². The van der Waals surface area contributed by atoms with Crippen LogP contribution in [-0.2, 0) is 0 Å². The number of primary amides is 1. The summed E-state index contributed by atoms with van der Waals surface area (Å²) >= 11 is 5.59. The van der Waals surface area contributed by atoms with Gasteiger partial charge in [-0.1, -0.05) is 11.6 Å². The minimum absolute atomic E-state index is 0.293. The molecule has 2 N–H and O–H groups in total. The van der Waals surface area contributed by atoms with Crippen molar-refractivity contribution in [1.29, 1.82) is 0 Å². The van der Waals surface area contributed by atoms with E-state index >= 15 is 0 Å². The van der Waals surface area contributed by atoms with Crippen molar-refractivity contribution in [3.05, 3.63) is 47.1 Å². The van der Waals surface area contributed by atoms with Crippen molar-refractivity contribution < 1.29 is 9.53 Å². The largest absolute Gasteiger partial charge is 0.438 e. The number of nitrogens with two attached hydrogens (primary N) is 1. The molecule has 0 saturated heterocycles. The molecule has 0 aliphatic rings. The van der Waals surface area contributed by atoms with Crippen LogP contribution in [0.25, 0.3) is 0 Å². The zero-order chi connectivity index (χ0) is 12.3. The van der Waals surface area contributed by atoms with Crippen molar-refractivity contribution in [2.45, 2.75) is 0 Å². The van der Waals surface area contributed by atoms with E-state index in [9.17, 15) is 4.79 Å². The molecule has 17 heavy (non-hydrogen) atoms. The fourth-order valence-corrected chi connectivity index (χ4v) is 1.27. The van der Waals surface area contributed by atoms with E-state index in [4.69, 9.17) is 22.1 Å². The third-order valence-electron chi connectivity index (χ3n) is 1.97. The summed E-state index contributed by atoms with van der Waals surface area (Å²) in [6.07, 6.45) is 0. The number of nitrogens with zero attached hydrogens (tertiary/aromatic N) is 2. The van der Waals surface area contributed by atoms with Gasteiger partial charge in [-0.15, -0.1) is 10.2 Å². The summed E-state index contributed by atoms with van der Waals surface area (Å²) in [6.45, 7) is 0. The highest BCUT2D eigenvalue weighted by Gasteiger charge is 2.02. The molecule has 1 aromatic carbocycles. The van der Waals surface area contributed by atoms with Crippen LogP contribution in [0.5, 0.6) is 11.6 Å². The molecule has 0 saturated carbocycles. The maximum Gasteiger partial charge on any atom is 0.248 e. The number of carbonyl (C=O) groups excluding carboxylic acids is 1. The molecule has 2 rings (SSSR count).